The highest BCUT2D eigenvalue weighted by Gasteiger charge is 2.43. The van der Waals surface area contributed by atoms with Gasteiger partial charge in [0.05, 0.1) is 31.9 Å². The van der Waals surface area contributed by atoms with Gasteiger partial charge in [-0.1, -0.05) is 79.3 Å². The van der Waals surface area contributed by atoms with Gasteiger partial charge in [-0.3, -0.25) is 9.59 Å². The van der Waals surface area contributed by atoms with Gasteiger partial charge in [-0.05, 0) is 36.2 Å². The molecule has 3 aromatic rings. The van der Waals surface area contributed by atoms with E-state index in [0.29, 0.717) is 16.3 Å². The van der Waals surface area contributed by atoms with Crippen LogP contribution in [-0.2, 0) is 22.6 Å². The fourth-order valence-corrected chi connectivity index (χ4v) is 5.72. The van der Waals surface area contributed by atoms with Crippen LogP contribution in [0, 0.1) is 0 Å². The minimum Gasteiger partial charge on any atom is -0.355 e. The normalized spacial score (nSPS) is 16.9. The van der Waals surface area contributed by atoms with Crippen LogP contribution in [0.4, 0.5) is 5.69 Å². The van der Waals surface area contributed by atoms with Gasteiger partial charge in [0.1, 0.15) is 17.1 Å². The zero-order valence-electron chi connectivity index (χ0n) is 19.9. The molecule has 0 radical (unpaired) electrons. The first-order chi connectivity index (χ1) is 17.1. The van der Waals surface area contributed by atoms with Gasteiger partial charge in [0.15, 0.2) is 0 Å². The fourth-order valence-electron chi connectivity index (χ4n) is 4.70. The number of rotatable bonds is 7. The Morgan fingerprint density at radius 1 is 0.771 bits per heavy atom. The molecular formula is C29H30N3O2S+. The van der Waals surface area contributed by atoms with Gasteiger partial charge in [-0.25, -0.2) is 4.90 Å². The number of benzene rings is 3. The van der Waals surface area contributed by atoms with E-state index in [0.717, 1.165) is 44.0 Å². The number of carbonyl (C=O) groups is 2. The largest absolute Gasteiger partial charge is 0.355 e. The molecule has 6 heteroatoms. The summed E-state index contributed by atoms with van der Waals surface area (Å²) in [6.45, 7) is 6.41. The molecule has 2 amide bonds. The zero-order valence-corrected chi connectivity index (χ0v) is 20.8. The minimum atomic E-state index is -0.234. The smallest absolute Gasteiger partial charge is 0.283 e. The Hall–Kier alpha value is -3.35. The molecule has 1 fully saturated rings. The van der Waals surface area contributed by atoms with E-state index in [4.69, 9.17) is 0 Å². The summed E-state index contributed by atoms with van der Waals surface area (Å²) in [6, 6.07) is 28.1. The summed E-state index contributed by atoms with van der Waals surface area (Å²) in [5.74, 6) is -0.452. The topological polar surface area (TPSA) is 45.1 Å². The molecule has 35 heavy (non-hydrogen) atoms. The van der Waals surface area contributed by atoms with Crippen LogP contribution in [0.1, 0.15) is 18.1 Å². The number of carbonyl (C=O) groups excluding carboxylic acids is 2. The second-order valence-electron chi connectivity index (χ2n) is 8.96. The third-order valence-electron chi connectivity index (χ3n) is 6.67. The lowest BCUT2D eigenvalue weighted by molar-refractivity contribution is -0.917. The third-order valence-corrected chi connectivity index (χ3v) is 7.75. The molecule has 1 saturated heterocycles. The van der Waals surface area contributed by atoms with Gasteiger partial charge in [0.25, 0.3) is 11.8 Å². The predicted octanol–water partition coefficient (Wildman–Crippen LogP) is 3.53. The molecule has 0 aliphatic carbocycles. The Morgan fingerprint density at radius 2 is 1.40 bits per heavy atom. The Kier molecular flexibility index (Phi) is 7.02. The highest BCUT2D eigenvalue weighted by molar-refractivity contribution is 8.04. The van der Waals surface area contributed by atoms with E-state index in [9.17, 15) is 9.59 Å². The van der Waals surface area contributed by atoms with Crippen LogP contribution in [0.5, 0.6) is 0 Å². The van der Waals surface area contributed by atoms with Crippen LogP contribution in [0.25, 0.3) is 0 Å². The van der Waals surface area contributed by atoms with Crippen LogP contribution >= 0.6 is 11.8 Å². The van der Waals surface area contributed by atoms with Crippen LogP contribution in [0.3, 0.4) is 0 Å². The lowest BCUT2D eigenvalue weighted by atomic mass is 10.1. The number of nitrogens with one attached hydrogen (secondary N) is 1. The average molecular weight is 485 g/mol. The van der Waals surface area contributed by atoms with E-state index in [-0.39, 0.29) is 11.8 Å². The van der Waals surface area contributed by atoms with Crippen molar-refractivity contribution in [3.8, 4) is 0 Å². The second kappa shape index (κ2) is 10.5. The van der Waals surface area contributed by atoms with Crippen molar-refractivity contribution < 1.29 is 14.5 Å². The van der Waals surface area contributed by atoms with Crippen molar-refractivity contribution >= 4 is 29.3 Å². The summed E-state index contributed by atoms with van der Waals surface area (Å²) in [4.78, 5) is 33.8. The molecule has 0 spiro atoms. The van der Waals surface area contributed by atoms with Crippen LogP contribution in [0.15, 0.2) is 100 Å². The van der Waals surface area contributed by atoms with Gasteiger partial charge in [-0.2, -0.15) is 0 Å². The molecule has 2 aliphatic heterocycles. The van der Waals surface area contributed by atoms with E-state index in [1.807, 2.05) is 60.7 Å². The van der Waals surface area contributed by atoms with Crippen molar-refractivity contribution in [2.45, 2.75) is 24.8 Å². The lowest BCUT2D eigenvalue weighted by Crippen LogP contribution is -3.13. The maximum Gasteiger partial charge on any atom is 0.283 e. The first-order valence-electron chi connectivity index (χ1n) is 12.2. The van der Waals surface area contributed by atoms with Crippen molar-refractivity contribution in [1.82, 2.24) is 4.90 Å². The van der Waals surface area contributed by atoms with E-state index in [1.165, 1.54) is 32.7 Å². The fraction of sp³-hybridized carbons (Fsp3) is 0.241. The number of nitrogens with zero attached hydrogens (tertiary/aromatic N) is 2. The molecule has 3 aromatic carbocycles. The number of hydrogen-bond acceptors (Lipinski definition) is 4. The highest BCUT2D eigenvalue weighted by Crippen LogP contribution is 2.38. The van der Waals surface area contributed by atoms with E-state index >= 15 is 0 Å². The molecule has 2 heterocycles. The summed E-state index contributed by atoms with van der Waals surface area (Å²) in [5, 5.41) is 0. The molecular weight excluding hydrogens is 454 g/mol. The quantitative estimate of drug-likeness (QED) is 0.521. The number of quaternary nitrogens is 1. The van der Waals surface area contributed by atoms with E-state index < -0.39 is 0 Å². The van der Waals surface area contributed by atoms with Crippen molar-refractivity contribution in [3.05, 3.63) is 107 Å². The van der Waals surface area contributed by atoms with E-state index in [1.54, 1.807) is 0 Å². The first kappa shape index (κ1) is 23.4. The molecule has 0 atom stereocenters. The minimum absolute atomic E-state index is 0.218. The Balaban J connectivity index is 1.39. The molecule has 178 valence electrons. The van der Waals surface area contributed by atoms with Crippen LogP contribution in [0.2, 0.25) is 0 Å². The standard InChI is InChI=1S/C29H29N3O2S/c1-2-22-13-15-24(16-14-22)32-28(33)26(27(29(32)34)35-25-11-7-4-8-12-25)31-19-17-30(18-20-31)21-23-9-5-3-6-10-23/h3-16H,2,17-21H2,1H3/p+1. The van der Waals surface area contributed by atoms with Crippen molar-refractivity contribution in [3.63, 3.8) is 0 Å². The average Bonchev–Trinajstić information content (AvgIpc) is 3.14. The summed E-state index contributed by atoms with van der Waals surface area (Å²) in [7, 11) is 0. The zero-order chi connectivity index (χ0) is 24.2. The molecule has 0 saturated carbocycles. The maximum atomic E-state index is 13.7. The molecule has 0 bridgehead atoms. The van der Waals surface area contributed by atoms with Crippen molar-refractivity contribution in [1.29, 1.82) is 0 Å². The number of hydrogen-bond donors (Lipinski definition) is 1. The van der Waals surface area contributed by atoms with Gasteiger partial charge in [-0.15, -0.1) is 0 Å². The van der Waals surface area contributed by atoms with Crippen molar-refractivity contribution in [2.75, 3.05) is 31.1 Å². The Morgan fingerprint density at radius 3 is 2.03 bits per heavy atom. The molecule has 1 N–H and O–H groups in total. The number of thioether (sulfide) groups is 1. The SMILES string of the molecule is CCc1ccc(N2C(=O)C(Sc3ccccc3)=C(N3CC[NH+](Cc4ccccc4)CC3)C2=O)cc1. The van der Waals surface area contributed by atoms with Gasteiger partial charge in [0, 0.05) is 10.5 Å². The number of aryl methyl sites for hydroxylation is 1. The highest BCUT2D eigenvalue weighted by atomic mass is 32.2. The molecule has 2 aliphatic rings. The lowest BCUT2D eigenvalue weighted by Gasteiger charge is -2.34. The number of anilines is 1. The summed E-state index contributed by atoms with van der Waals surface area (Å²) < 4.78 is 0. The van der Waals surface area contributed by atoms with Gasteiger partial charge < -0.3 is 9.80 Å². The van der Waals surface area contributed by atoms with Crippen molar-refractivity contribution in [2.24, 2.45) is 0 Å². The summed E-state index contributed by atoms with van der Waals surface area (Å²) in [5.41, 5.74) is 3.68. The molecule has 5 nitrogen and oxygen atoms in total. The molecule has 0 aromatic heterocycles. The summed E-state index contributed by atoms with van der Waals surface area (Å²) >= 11 is 1.39. The summed E-state index contributed by atoms with van der Waals surface area (Å²) in [6.07, 6.45) is 0.913. The predicted molar refractivity (Wildman–Crippen MR) is 140 cm³/mol. The molecule has 0 unspecified atom stereocenters. The van der Waals surface area contributed by atoms with Crippen LogP contribution < -0.4 is 9.80 Å². The second-order valence-corrected chi connectivity index (χ2v) is 10.0. The number of amides is 2. The Bertz CT molecular complexity index is 1220. The number of imide groups is 1. The van der Waals surface area contributed by atoms with Gasteiger partial charge >= 0.3 is 0 Å². The molecule has 5 rings (SSSR count). The van der Waals surface area contributed by atoms with Crippen LogP contribution in [-0.4, -0.2) is 42.9 Å². The monoisotopic (exact) mass is 484 g/mol. The first-order valence-corrected chi connectivity index (χ1v) is 13.0. The Labute approximate surface area is 211 Å². The third kappa shape index (κ3) is 5.04. The number of piperazine rings is 1. The van der Waals surface area contributed by atoms with E-state index in [2.05, 4.69) is 36.1 Å². The van der Waals surface area contributed by atoms with Gasteiger partial charge in [0.2, 0.25) is 0 Å². The maximum absolute atomic E-state index is 13.7.